The zero-order valence-corrected chi connectivity index (χ0v) is 9.79. The lowest BCUT2D eigenvalue weighted by Gasteiger charge is -2.20. The van der Waals surface area contributed by atoms with Crippen molar-refractivity contribution in [3.8, 4) is 0 Å². The van der Waals surface area contributed by atoms with Crippen LogP contribution in [0.3, 0.4) is 0 Å². The summed E-state index contributed by atoms with van der Waals surface area (Å²) in [5, 5.41) is 3.61. The lowest BCUT2D eigenvalue weighted by atomic mass is 9.93. The summed E-state index contributed by atoms with van der Waals surface area (Å²) in [6.07, 6.45) is 4.06. The number of rotatable bonds is 3. The molecule has 15 heavy (non-hydrogen) atoms. The molecule has 1 aliphatic carbocycles. The highest BCUT2D eigenvalue weighted by molar-refractivity contribution is 5.26. The summed E-state index contributed by atoms with van der Waals surface area (Å²) >= 11 is 0. The van der Waals surface area contributed by atoms with Crippen LogP contribution >= 0.6 is 0 Å². The average Bonchev–Trinajstić information content (AvgIpc) is 2.68. The van der Waals surface area contributed by atoms with Gasteiger partial charge in [0.1, 0.15) is 0 Å². The van der Waals surface area contributed by atoms with Crippen LogP contribution in [0, 0.1) is 6.92 Å². The third-order valence-corrected chi connectivity index (χ3v) is 3.49. The Morgan fingerprint density at radius 3 is 2.60 bits per heavy atom. The van der Waals surface area contributed by atoms with Crippen molar-refractivity contribution in [1.82, 2.24) is 5.32 Å². The monoisotopic (exact) mass is 203 g/mol. The lowest BCUT2D eigenvalue weighted by Crippen LogP contribution is -2.30. The number of aryl methyl sites for hydroxylation is 1. The highest BCUT2D eigenvalue weighted by Gasteiger charge is 2.27. The van der Waals surface area contributed by atoms with Gasteiger partial charge in [-0.1, -0.05) is 43.2 Å². The first-order chi connectivity index (χ1) is 7.31. The fourth-order valence-corrected chi connectivity index (χ4v) is 2.68. The van der Waals surface area contributed by atoms with Gasteiger partial charge in [-0.05, 0) is 37.8 Å². The molecular formula is C14H21N. The molecule has 1 aliphatic rings. The van der Waals surface area contributed by atoms with E-state index in [0.717, 1.165) is 12.5 Å². The first-order valence-electron chi connectivity index (χ1n) is 6.11. The van der Waals surface area contributed by atoms with Gasteiger partial charge in [-0.25, -0.2) is 0 Å². The molecule has 1 heteroatoms. The van der Waals surface area contributed by atoms with Gasteiger partial charge in [-0.3, -0.25) is 0 Å². The van der Waals surface area contributed by atoms with Gasteiger partial charge in [0.05, 0.1) is 0 Å². The van der Waals surface area contributed by atoms with Crippen LogP contribution in [0.15, 0.2) is 24.3 Å². The molecule has 1 aromatic carbocycles. The van der Waals surface area contributed by atoms with Gasteiger partial charge in [0.25, 0.3) is 0 Å². The molecule has 0 radical (unpaired) electrons. The SMILES string of the molecule is CCNC1CCCC1c1ccc(C)cc1. The van der Waals surface area contributed by atoms with Crippen LogP contribution in [-0.4, -0.2) is 12.6 Å². The number of hydrogen-bond donors (Lipinski definition) is 1. The third-order valence-electron chi connectivity index (χ3n) is 3.49. The number of likely N-dealkylation sites (N-methyl/N-ethyl adjacent to an activating group) is 1. The summed E-state index contributed by atoms with van der Waals surface area (Å²) in [5.74, 6) is 0.741. The molecule has 0 aromatic heterocycles. The Labute approximate surface area is 92.9 Å². The van der Waals surface area contributed by atoms with Crippen molar-refractivity contribution in [3.05, 3.63) is 35.4 Å². The summed E-state index contributed by atoms with van der Waals surface area (Å²) in [7, 11) is 0. The maximum Gasteiger partial charge on any atom is 0.0136 e. The van der Waals surface area contributed by atoms with Crippen LogP contribution in [0.1, 0.15) is 43.2 Å². The molecular weight excluding hydrogens is 182 g/mol. The zero-order chi connectivity index (χ0) is 10.7. The topological polar surface area (TPSA) is 12.0 Å². The van der Waals surface area contributed by atoms with Gasteiger partial charge in [0.2, 0.25) is 0 Å². The van der Waals surface area contributed by atoms with Crippen LogP contribution < -0.4 is 5.32 Å². The maximum atomic E-state index is 3.61. The van der Waals surface area contributed by atoms with E-state index < -0.39 is 0 Å². The standard InChI is InChI=1S/C14H21N/c1-3-15-14-6-4-5-13(14)12-9-7-11(2)8-10-12/h7-10,13-15H,3-6H2,1-2H3. The summed E-state index contributed by atoms with van der Waals surface area (Å²) in [6, 6.07) is 9.77. The van der Waals surface area contributed by atoms with Crippen molar-refractivity contribution < 1.29 is 0 Å². The van der Waals surface area contributed by atoms with Gasteiger partial charge in [-0.2, -0.15) is 0 Å². The molecule has 2 atom stereocenters. The van der Waals surface area contributed by atoms with Crippen molar-refractivity contribution in [3.63, 3.8) is 0 Å². The lowest BCUT2D eigenvalue weighted by molar-refractivity contribution is 0.492. The molecule has 0 heterocycles. The molecule has 0 spiro atoms. The molecule has 82 valence electrons. The molecule has 1 fully saturated rings. The first kappa shape index (κ1) is 10.7. The molecule has 2 rings (SSSR count). The number of benzene rings is 1. The highest BCUT2D eigenvalue weighted by atomic mass is 14.9. The molecule has 1 nitrogen and oxygen atoms in total. The predicted molar refractivity (Wildman–Crippen MR) is 65.2 cm³/mol. The number of nitrogens with one attached hydrogen (secondary N) is 1. The normalized spacial score (nSPS) is 25.7. The molecule has 2 unspecified atom stereocenters. The third kappa shape index (κ3) is 2.40. The average molecular weight is 203 g/mol. The van der Waals surface area contributed by atoms with Crippen molar-refractivity contribution >= 4 is 0 Å². The second-order valence-corrected chi connectivity index (χ2v) is 4.61. The Morgan fingerprint density at radius 2 is 1.93 bits per heavy atom. The Bertz CT molecular complexity index is 302. The molecule has 1 aromatic rings. The minimum atomic E-state index is 0.706. The van der Waals surface area contributed by atoms with Crippen LogP contribution in [-0.2, 0) is 0 Å². The molecule has 1 N–H and O–H groups in total. The minimum Gasteiger partial charge on any atom is -0.314 e. The summed E-state index contributed by atoms with van der Waals surface area (Å²) in [6.45, 7) is 5.44. The fraction of sp³-hybridized carbons (Fsp3) is 0.571. The minimum absolute atomic E-state index is 0.706. The van der Waals surface area contributed by atoms with Crippen LogP contribution in [0.5, 0.6) is 0 Å². The fourth-order valence-electron chi connectivity index (χ4n) is 2.68. The highest BCUT2D eigenvalue weighted by Crippen LogP contribution is 2.34. The van der Waals surface area contributed by atoms with Gasteiger partial charge >= 0.3 is 0 Å². The molecule has 0 aliphatic heterocycles. The molecule has 0 amide bonds. The Hall–Kier alpha value is -0.820. The molecule has 0 saturated heterocycles. The van der Waals surface area contributed by atoms with Gasteiger partial charge in [-0.15, -0.1) is 0 Å². The largest absolute Gasteiger partial charge is 0.314 e. The van der Waals surface area contributed by atoms with Gasteiger partial charge in [0.15, 0.2) is 0 Å². The number of hydrogen-bond acceptors (Lipinski definition) is 1. The zero-order valence-electron chi connectivity index (χ0n) is 9.79. The Balaban J connectivity index is 2.11. The van der Waals surface area contributed by atoms with E-state index in [-0.39, 0.29) is 0 Å². The van der Waals surface area contributed by atoms with E-state index >= 15 is 0 Å². The quantitative estimate of drug-likeness (QED) is 0.795. The van der Waals surface area contributed by atoms with Crippen molar-refractivity contribution in [2.45, 2.75) is 45.1 Å². The van der Waals surface area contributed by atoms with Crippen molar-refractivity contribution in [2.75, 3.05) is 6.54 Å². The predicted octanol–water partition coefficient (Wildman–Crippen LogP) is 3.24. The maximum absolute atomic E-state index is 3.61. The van der Waals surface area contributed by atoms with E-state index in [1.54, 1.807) is 0 Å². The van der Waals surface area contributed by atoms with Crippen LogP contribution in [0.25, 0.3) is 0 Å². The van der Waals surface area contributed by atoms with Crippen molar-refractivity contribution in [2.24, 2.45) is 0 Å². The van der Waals surface area contributed by atoms with Gasteiger partial charge in [0, 0.05) is 6.04 Å². The van der Waals surface area contributed by atoms with Crippen LogP contribution in [0.4, 0.5) is 0 Å². The van der Waals surface area contributed by atoms with E-state index in [4.69, 9.17) is 0 Å². The van der Waals surface area contributed by atoms with E-state index in [1.165, 1.54) is 30.4 Å². The van der Waals surface area contributed by atoms with Crippen molar-refractivity contribution in [1.29, 1.82) is 0 Å². The second kappa shape index (κ2) is 4.80. The van der Waals surface area contributed by atoms with E-state index in [9.17, 15) is 0 Å². The second-order valence-electron chi connectivity index (χ2n) is 4.61. The molecule has 0 bridgehead atoms. The van der Waals surface area contributed by atoms with Gasteiger partial charge < -0.3 is 5.32 Å². The summed E-state index contributed by atoms with van der Waals surface area (Å²) < 4.78 is 0. The smallest absolute Gasteiger partial charge is 0.0136 e. The van der Waals surface area contributed by atoms with E-state index in [1.807, 2.05) is 0 Å². The summed E-state index contributed by atoms with van der Waals surface area (Å²) in [5.41, 5.74) is 2.88. The Kier molecular flexibility index (Phi) is 3.42. The van der Waals surface area contributed by atoms with E-state index in [0.29, 0.717) is 6.04 Å². The van der Waals surface area contributed by atoms with Crippen LogP contribution in [0.2, 0.25) is 0 Å². The first-order valence-corrected chi connectivity index (χ1v) is 6.11. The Morgan fingerprint density at radius 1 is 1.20 bits per heavy atom. The van der Waals surface area contributed by atoms with E-state index in [2.05, 4.69) is 43.4 Å². The molecule has 1 saturated carbocycles. The summed E-state index contributed by atoms with van der Waals surface area (Å²) in [4.78, 5) is 0.